The van der Waals surface area contributed by atoms with E-state index < -0.39 is 0 Å². The lowest BCUT2D eigenvalue weighted by Gasteiger charge is -2.07. The van der Waals surface area contributed by atoms with E-state index in [1.807, 2.05) is 36.4 Å². The molecule has 0 spiro atoms. The molecule has 0 aliphatic heterocycles. The van der Waals surface area contributed by atoms with Crippen molar-refractivity contribution in [3.05, 3.63) is 54.7 Å². The molecule has 1 aromatic heterocycles. The number of hydrogen-bond acceptors (Lipinski definition) is 4. The molecule has 0 unspecified atom stereocenters. The molecule has 0 saturated heterocycles. The van der Waals surface area contributed by atoms with Crippen LogP contribution in [0.4, 0.5) is 5.69 Å². The summed E-state index contributed by atoms with van der Waals surface area (Å²) in [6, 6.07) is 14.9. The standard InChI is InChI=1S/C15H12N2OS/c16-13-3-1-2-4-14(13)19-15-12-9-11(18)6-5-10(12)7-8-17-15/h1-9,18H,16H2. The van der Waals surface area contributed by atoms with Gasteiger partial charge in [-0.25, -0.2) is 4.98 Å². The van der Waals surface area contributed by atoms with Crippen molar-refractivity contribution in [2.45, 2.75) is 9.92 Å². The summed E-state index contributed by atoms with van der Waals surface area (Å²) in [5.74, 6) is 0.239. The Balaban J connectivity index is 2.10. The molecule has 0 bridgehead atoms. The van der Waals surface area contributed by atoms with Gasteiger partial charge in [-0.15, -0.1) is 0 Å². The largest absolute Gasteiger partial charge is 0.508 e. The molecule has 2 aromatic carbocycles. The highest BCUT2D eigenvalue weighted by Gasteiger charge is 2.07. The number of nitrogen functional groups attached to an aromatic ring is 1. The smallest absolute Gasteiger partial charge is 0.116 e. The van der Waals surface area contributed by atoms with Gasteiger partial charge in [-0.05, 0) is 35.7 Å². The monoisotopic (exact) mass is 268 g/mol. The fourth-order valence-electron chi connectivity index (χ4n) is 1.89. The van der Waals surface area contributed by atoms with Crippen molar-refractivity contribution in [2.24, 2.45) is 0 Å². The Hall–Kier alpha value is -2.20. The van der Waals surface area contributed by atoms with Gasteiger partial charge < -0.3 is 10.8 Å². The highest BCUT2D eigenvalue weighted by atomic mass is 32.2. The van der Waals surface area contributed by atoms with E-state index in [9.17, 15) is 5.11 Å². The summed E-state index contributed by atoms with van der Waals surface area (Å²) in [5, 5.41) is 12.4. The summed E-state index contributed by atoms with van der Waals surface area (Å²) in [4.78, 5) is 5.34. The maximum absolute atomic E-state index is 9.61. The van der Waals surface area contributed by atoms with Crippen molar-refractivity contribution in [2.75, 3.05) is 5.73 Å². The number of pyridine rings is 1. The number of para-hydroxylation sites is 1. The highest BCUT2D eigenvalue weighted by Crippen LogP contribution is 2.35. The Morgan fingerprint density at radius 1 is 1.05 bits per heavy atom. The second-order valence-corrected chi connectivity index (χ2v) is 5.19. The molecule has 0 aliphatic rings. The summed E-state index contributed by atoms with van der Waals surface area (Å²) in [6.45, 7) is 0. The summed E-state index contributed by atoms with van der Waals surface area (Å²) in [6.07, 6.45) is 1.76. The molecule has 0 atom stereocenters. The van der Waals surface area contributed by atoms with Gasteiger partial charge in [0, 0.05) is 22.2 Å². The van der Waals surface area contributed by atoms with Crippen LogP contribution in [0.1, 0.15) is 0 Å². The third kappa shape index (κ3) is 2.35. The number of benzene rings is 2. The molecule has 3 N–H and O–H groups in total. The van der Waals surface area contributed by atoms with Crippen LogP contribution in [0.2, 0.25) is 0 Å². The topological polar surface area (TPSA) is 59.1 Å². The van der Waals surface area contributed by atoms with Crippen molar-refractivity contribution in [1.29, 1.82) is 0 Å². The van der Waals surface area contributed by atoms with E-state index in [4.69, 9.17) is 5.73 Å². The second-order valence-electron chi connectivity index (χ2n) is 4.16. The van der Waals surface area contributed by atoms with Crippen LogP contribution in [0.25, 0.3) is 10.8 Å². The fraction of sp³-hybridized carbons (Fsp3) is 0. The summed E-state index contributed by atoms with van der Waals surface area (Å²) >= 11 is 1.51. The Bertz CT molecular complexity index is 743. The average Bonchev–Trinajstić information content (AvgIpc) is 2.42. The Kier molecular flexibility index (Phi) is 3.01. The predicted molar refractivity (Wildman–Crippen MR) is 78.4 cm³/mol. The minimum atomic E-state index is 0.239. The first-order valence-corrected chi connectivity index (χ1v) is 6.66. The molecule has 0 aliphatic carbocycles. The SMILES string of the molecule is Nc1ccccc1Sc1nccc2ccc(O)cc12. The normalized spacial score (nSPS) is 10.7. The molecule has 19 heavy (non-hydrogen) atoms. The molecule has 3 aromatic rings. The number of phenols is 1. The van der Waals surface area contributed by atoms with E-state index in [1.165, 1.54) is 11.8 Å². The van der Waals surface area contributed by atoms with Crippen molar-refractivity contribution in [3.8, 4) is 5.75 Å². The quantitative estimate of drug-likeness (QED) is 0.696. The lowest BCUT2D eigenvalue weighted by atomic mass is 10.2. The lowest BCUT2D eigenvalue weighted by Crippen LogP contribution is -1.89. The molecule has 1 heterocycles. The van der Waals surface area contributed by atoms with E-state index in [-0.39, 0.29) is 5.75 Å². The van der Waals surface area contributed by atoms with Gasteiger partial charge in [-0.3, -0.25) is 0 Å². The molecular weight excluding hydrogens is 256 g/mol. The third-order valence-electron chi connectivity index (χ3n) is 2.84. The lowest BCUT2D eigenvalue weighted by molar-refractivity contribution is 0.476. The van der Waals surface area contributed by atoms with Gasteiger partial charge in [-0.2, -0.15) is 0 Å². The number of aromatic nitrogens is 1. The number of nitrogens with two attached hydrogens (primary N) is 1. The number of hydrogen-bond donors (Lipinski definition) is 2. The molecule has 0 radical (unpaired) electrons. The number of aromatic hydroxyl groups is 1. The summed E-state index contributed by atoms with van der Waals surface area (Å²) in [5.41, 5.74) is 6.67. The van der Waals surface area contributed by atoms with Crippen LogP contribution in [0, 0.1) is 0 Å². The fourth-order valence-corrected chi connectivity index (χ4v) is 2.83. The minimum absolute atomic E-state index is 0.239. The first-order valence-electron chi connectivity index (χ1n) is 5.84. The van der Waals surface area contributed by atoms with E-state index in [0.29, 0.717) is 0 Å². The third-order valence-corrected chi connectivity index (χ3v) is 3.95. The van der Waals surface area contributed by atoms with Crippen LogP contribution in [0.5, 0.6) is 5.75 Å². The average molecular weight is 268 g/mol. The van der Waals surface area contributed by atoms with Gasteiger partial charge in [0.05, 0.1) is 0 Å². The van der Waals surface area contributed by atoms with Crippen LogP contribution >= 0.6 is 11.8 Å². The number of phenolic OH excluding ortho intramolecular Hbond substituents is 1. The molecular formula is C15H12N2OS. The van der Waals surface area contributed by atoms with Crippen molar-refractivity contribution in [1.82, 2.24) is 4.98 Å². The second kappa shape index (κ2) is 4.82. The first kappa shape index (κ1) is 11.9. The summed E-state index contributed by atoms with van der Waals surface area (Å²) in [7, 11) is 0. The van der Waals surface area contributed by atoms with Gasteiger partial charge in [0.1, 0.15) is 10.8 Å². The van der Waals surface area contributed by atoms with Crippen molar-refractivity contribution in [3.63, 3.8) is 0 Å². The zero-order valence-corrected chi connectivity index (χ0v) is 10.9. The van der Waals surface area contributed by atoms with Gasteiger partial charge >= 0.3 is 0 Å². The number of nitrogens with zero attached hydrogens (tertiary/aromatic N) is 1. The van der Waals surface area contributed by atoms with E-state index >= 15 is 0 Å². The van der Waals surface area contributed by atoms with Crippen LogP contribution in [0.15, 0.2) is 64.6 Å². The maximum Gasteiger partial charge on any atom is 0.116 e. The van der Waals surface area contributed by atoms with Crippen molar-refractivity contribution < 1.29 is 5.11 Å². The summed E-state index contributed by atoms with van der Waals surface area (Å²) < 4.78 is 0. The molecule has 0 saturated carbocycles. The number of fused-ring (bicyclic) bond motifs is 1. The van der Waals surface area contributed by atoms with Gasteiger partial charge in [0.2, 0.25) is 0 Å². The van der Waals surface area contributed by atoms with Crippen molar-refractivity contribution >= 4 is 28.2 Å². The van der Waals surface area contributed by atoms with Crippen LogP contribution in [0.3, 0.4) is 0 Å². The Morgan fingerprint density at radius 2 is 1.89 bits per heavy atom. The molecule has 4 heteroatoms. The van der Waals surface area contributed by atoms with Crippen LogP contribution in [-0.2, 0) is 0 Å². The first-order chi connectivity index (χ1) is 9.24. The molecule has 0 fully saturated rings. The van der Waals surface area contributed by atoms with Crippen LogP contribution < -0.4 is 5.73 Å². The van der Waals surface area contributed by atoms with E-state index in [2.05, 4.69) is 4.98 Å². The zero-order chi connectivity index (χ0) is 13.2. The zero-order valence-electron chi connectivity index (χ0n) is 10.1. The minimum Gasteiger partial charge on any atom is -0.508 e. The predicted octanol–water partition coefficient (Wildman–Crippen LogP) is 3.67. The van der Waals surface area contributed by atoms with E-state index in [1.54, 1.807) is 18.3 Å². The number of anilines is 1. The molecule has 0 amide bonds. The van der Waals surface area contributed by atoms with Gasteiger partial charge in [0.15, 0.2) is 0 Å². The highest BCUT2D eigenvalue weighted by molar-refractivity contribution is 7.99. The van der Waals surface area contributed by atoms with Gasteiger partial charge in [0.25, 0.3) is 0 Å². The molecule has 3 rings (SSSR count). The maximum atomic E-state index is 9.61. The van der Waals surface area contributed by atoms with Gasteiger partial charge in [-0.1, -0.05) is 30.0 Å². The Morgan fingerprint density at radius 3 is 2.74 bits per heavy atom. The van der Waals surface area contributed by atoms with E-state index in [0.717, 1.165) is 26.4 Å². The molecule has 94 valence electrons. The number of rotatable bonds is 2. The van der Waals surface area contributed by atoms with Crippen LogP contribution in [-0.4, -0.2) is 10.1 Å². The molecule has 3 nitrogen and oxygen atoms in total. The Labute approximate surface area is 115 Å².